The number of amides is 1. The summed E-state index contributed by atoms with van der Waals surface area (Å²) in [7, 11) is 0. The zero-order chi connectivity index (χ0) is 13.0. The molecule has 0 bridgehead atoms. The summed E-state index contributed by atoms with van der Waals surface area (Å²) >= 11 is 0. The van der Waals surface area contributed by atoms with Crippen molar-refractivity contribution >= 4 is 12.0 Å². The van der Waals surface area contributed by atoms with E-state index in [1.807, 2.05) is 6.07 Å². The number of hydrogen-bond acceptors (Lipinski definition) is 4. The highest BCUT2D eigenvalue weighted by Crippen LogP contribution is 2.09. The maximum atomic E-state index is 11.6. The van der Waals surface area contributed by atoms with Crippen LogP contribution in [0.3, 0.4) is 0 Å². The first-order chi connectivity index (χ1) is 8.69. The van der Waals surface area contributed by atoms with Crippen LogP contribution in [0.1, 0.15) is 11.1 Å². The first-order valence-corrected chi connectivity index (χ1v) is 5.50. The summed E-state index contributed by atoms with van der Waals surface area (Å²) in [4.78, 5) is 16.6. The van der Waals surface area contributed by atoms with Crippen LogP contribution in [0.15, 0.2) is 30.3 Å². The van der Waals surface area contributed by atoms with Gasteiger partial charge in [-0.25, -0.2) is 5.06 Å². The van der Waals surface area contributed by atoms with Gasteiger partial charge in [0, 0.05) is 6.08 Å². The molecule has 1 aliphatic rings. The Kier molecular flexibility index (Phi) is 3.72. The molecule has 1 saturated heterocycles. The minimum atomic E-state index is -0.614. The van der Waals surface area contributed by atoms with Crippen LogP contribution >= 0.6 is 0 Å². The highest BCUT2D eigenvalue weighted by atomic mass is 16.7. The van der Waals surface area contributed by atoms with Gasteiger partial charge in [-0.2, -0.15) is 5.26 Å². The molecule has 5 heteroatoms. The van der Waals surface area contributed by atoms with Crippen LogP contribution < -0.4 is 0 Å². The zero-order valence-electron chi connectivity index (χ0n) is 9.61. The number of aliphatic hydroxyl groups is 1. The lowest BCUT2D eigenvalue weighted by molar-refractivity contribution is -0.162. The molecule has 1 atom stereocenters. The first-order valence-electron chi connectivity index (χ1n) is 5.50. The molecule has 1 fully saturated rings. The highest BCUT2D eigenvalue weighted by Gasteiger charge is 2.24. The summed E-state index contributed by atoms with van der Waals surface area (Å²) in [5.41, 5.74) is 1.39. The summed E-state index contributed by atoms with van der Waals surface area (Å²) < 4.78 is 0. The van der Waals surface area contributed by atoms with Crippen molar-refractivity contribution in [3.05, 3.63) is 41.5 Å². The molecule has 5 nitrogen and oxygen atoms in total. The number of aliphatic hydroxyl groups excluding tert-OH is 1. The van der Waals surface area contributed by atoms with Crippen molar-refractivity contribution in [2.24, 2.45) is 0 Å². The van der Waals surface area contributed by atoms with Gasteiger partial charge in [-0.15, -0.1) is 0 Å². The molecular weight excluding hydrogens is 232 g/mol. The Hall–Kier alpha value is -2.16. The molecule has 0 aliphatic carbocycles. The van der Waals surface area contributed by atoms with Gasteiger partial charge in [0.1, 0.15) is 12.7 Å². The molecule has 1 aliphatic heterocycles. The van der Waals surface area contributed by atoms with Crippen LogP contribution in [0.2, 0.25) is 0 Å². The Morgan fingerprint density at radius 1 is 1.50 bits per heavy atom. The van der Waals surface area contributed by atoms with Crippen molar-refractivity contribution in [1.82, 2.24) is 5.06 Å². The number of hydrogen-bond donors (Lipinski definition) is 1. The third kappa shape index (κ3) is 2.94. The normalized spacial score (nSPS) is 19.1. The van der Waals surface area contributed by atoms with Crippen molar-refractivity contribution < 1.29 is 14.7 Å². The van der Waals surface area contributed by atoms with Gasteiger partial charge in [0.15, 0.2) is 0 Å². The van der Waals surface area contributed by atoms with Crippen LogP contribution in [-0.4, -0.2) is 35.3 Å². The number of hydroxylamine groups is 2. The molecule has 0 aromatic heterocycles. The molecule has 1 amide bonds. The van der Waals surface area contributed by atoms with E-state index < -0.39 is 6.10 Å². The predicted octanol–water partition coefficient (Wildman–Crippen LogP) is 0.706. The number of β-amino-alcohol motifs (C(OH)–C–C–N with tert-alkyl or cyclic N) is 1. The maximum absolute atomic E-state index is 11.6. The van der Waals surface area contributed by atoms with E-state index in [9.17, 15) is 9.90 Å². The monoisotopic (exact) mass is 244 g/mol. The van der Waals surface area contributed by atoms with E-state index in [1.165, 1.54) is 6.08 Å². The Labute approximate surface area is 104 Å². The van der Waals surface area contributed by atoms with E-state index in [4.69, 9.17) is 10.1 Å². The Bertz CT molecular complexity index is 502. The van der Waals surface area contributed by atoms with Gasteiger partial charge < -0.3 is 5.11 Å². The maximum Gasteiger partial charge on any atom is 0.270 e. The lowest BCUT2D eigenvalue weighted by Crippen LogP contribution is -2.26. The summed E-state index contributed by atoms with van der Waals surface area (Å²) in [6.07, 6.45) is 2.40. The Balaban J connectivity index is 1.97. The number of rotatable bonds is 2. The van der Waals surface area contributed by atoms with Gasteiger partial charge in [0.05, 0.1) is 18.2 Å². The second-order valence-electron chi connectivity index (χ2n) is 3.92. The molecule has 1 aromatic rings. The Morgan fingerprint density at radius 2 is 2.22 bits per heavy atom. The van der Waals surface area contributed by atoms with Crippen molar-refractivity contribution in [1.29, 1.82) is 5.26 Å². The quantitative estimate of drug-likeness (QED) is 0.777. The van der Waals surface area contributed by atoms with Gasteiger partial charge in [0.2, 0.25) is 0 Å². The molecule has 18 heavy (non-hydrogen) atoms. The topological polar surface area (TPSA) is 73.6 Å². The fourth-order valence-corrected chi connectivity index (χ4v) is 1.55. The fraction of sp³-hybridized carbons (Fsp3) is 0.231. The number of nitrogens with zero attached hydrogens (tertiary/aromatic N) is 2. The molecule has 1 N–H and O–H groups in total. The molecule has 2 rings (SSSR count). The number of carbonyl (C=O) groups is 1. The minimum absolute atomic E-state index is 0.149. The molecule has 0 radical (unpaired) electrons. The second kappa shape index (κ2) is 5.45. The largest absolute Gasteiger partial charge is 0.389 e. The van der Waals surface area contributed by atoms with E-state index in [-0.39, 0.29) is 19.1 Å². The first kappa shape index (κ1) is 12.3. The van der Waals surface area contributed by atoms with Crippen LogP contribution in [0.5, 0.6) is 0 Å². The SMILES string of the molecule is N#Cc1ccc(/C=C/C(=O)N2C[C@@H](O)CO2)cc1. The van der Waals surface area contributed by atoms with Gasteiger partial charge in [-0.1, -0.05) is 12.1 Å². The molecule has 1 aromatic carbocycles. The standard InChI is InChI=1S/C13H12N2O3/c14-7-11-3-1-10(2-4-11)5-6-13(17)15-8-12(16)9-18-15/h1-6,12,16H,8-9H2/b6-5+/t12-/m1/s1. The molecule has 0 spiro atoms. The van der Waals surface area contributed by atoms with E-state index in [0.29, 0.717) is 5.56 Å². The fourth-order valence-electron chi connectivity index (χ4n) is 1.55. The summed E-state index contributed by atoms with van der Waals surface area (Å²) in [6, 6.07) is 8.89. The van der Waals surface area contributed by atoms with Crippen LogP contribution in [-0.2, 0) is 9.63 Å². The van der Waals surface area contributed by atoms with E-state index in [2.05, 4.69) is 0 Å². The minimum Gasteiger partial charge on any atom is -0.389 e. The lowest BCUT2D eigenvalue weighted by Gasteiger charge is -2.10. The molecule has 92 valence electrons. The van der Waals surface area contributed by atoms with Gasteiger partial charge in [-0.3, -0.25) is 9.63 Å². The van der Waals surface area contributed by atoms with Crippen molar-refractivity contribution in [3.8, 4) is 6.07 Å². The van der Waals surface area contributed by atoms with Crippen LogP contribution in [0.4, 0.5) is 0 Å². The Morgan fingerprint density at radius 3 is 2.78 bits per heavy atom. The van der Waals surface area contributed by atoms with Crippen LogP contribution in [0.25, 0.3) is 6.08 Å². The van der Waals surface area contributed by atoms with Crippen molar-refractivity contribution in [2.45, 2.75) is 6.10 Å². The van der Waals surface area contributed by atoms with Crippen molar-refractivity contribution in [3.63, 3.8) is 0 Å². The van der Waals surface area contributed by atoms with Crippen LogP contribution in [0, 0.1) is 11.3 Å². The van der Waals surface area contributed by atoms with Gasteiger partial charge >= 0.3 is 0 Å². The highest BCUT2D eigenvalue weighted by molar-refractivity contribution is 5.91. The summed E-state index contributed by atoms with van der Waals surface area (Å²) in [5.74, 6) is -0.309. The average Bonchev–Trinajstić information content (AvgIpc) is 2.83. The van der Waals surface area contributed by atoms with Gasteiger partial charge in [0.25, 0.3) is 5.91 Å². The number of carbonyl (C=O) groups excluding carboxylic acids is 1. The summed E-state index contributed by atoms with van der Waals surface area (Å²) in [6.45, 7) is 0.340. The van der Waals surface area contributed by atoms with Crippen molar-refractivity contribution in [2.75, 3.05) is 13.2 Å². The lowest BCUT2D eigenvalue weighted by atomic mass is 10.1. The second-order valence-corrected chi connectivity index (χ2v) is 3.92. The number of nitriles is 1. The summed E-state index contributed by atoms with van der Waals surface area (Å²) in [5, 5.41) is 19.0. The third-order valence-corrected chi connectivity index (χ3v) is 2.50. The average molecular weight is 244 g/mol. The smallest absolute Gasteiger partial charge is 0.270 e. The van der Waals surface area contributed by atoms with E-state index in [0.717, 1.165) is 10.6 Å². The van der Waals surface area contributed by atoms with E-state index >= 15 is 0 Å². The third-order valence-electron chi connectivity index (χ3n) is 2.50. The molecule has 0 unspecified atom stereocenters. The molecule has 0 saturated carbocycles. The number of benzene rings is 1. The molecular formula is C13H12N2O3. The van der Waals surface area contributed by atoms with Gasteiger partial charge in [-0.05, 0) is 23.8 Å². The predicted molar refractivity (Wildman–Crippen MR) is 63.9 cm³/mol. The molecule has 1 heterocycles. The zero-order valence-corrected chi connectivity index (χ0v) is 9.61. The van der Waals surface area contributed by atoms with E-state index in [1.54, 1.807) is 30.3 Å².